The third kappa shape index (κ3) is 4.90. The molecule has 0 bridgehead atoms. The molecule has 224 valence electrons. The molecular formula is C34H26ClF3N2O4. The lowest BCUT2D eigenvalue weighted by molar-refractivity contribution is -0.0705. The number of para-hydroxylation sites is 1. The minimum Gasteiger partial charge on any atom is -0.444 e. The summed E-state index contributed by atoms with van der Waals surface area (Å²) in [4.78, 5) is 16.7. The van der Waals surface area contributed by atoms with Crippen LogP contribution in [0.2, 0.25) is 5.02 Å². The van der Waals surface area contributed by atoms with Crippen LogP contribution < -0.4 is 9.47 Å². The largest absolute Gasteiger partial charge is 0.444 e. The van der Waals surface area contributed by atoms with Crippen LogP contribution in [-0.4, -0.2) is 28.0 Å². The van der Waals surface area contributed by atoms with Crippen LogP contribution in [0.4, 0.5) is 13.2 Å². The first-order valence-corrected chi connectivity index (χ1v) is 14.5. The van der Waals surface area contributed by atoms with Crippen molar-refractivity contribution in [2.75, 3.05) is 6.61 Å². The molecular weight excluding hydrogens is 593 g/mol. The minimum absolute atomic E-state index is 0.0429. The molecule has 0 spiro atoms. The third-order valence-electron chi connectivity index (χ3n) is 8.20. The zero-order valence-corrected chi connectivity index (χ0v) is 24.6. The van der Waals surface area contributed by atoms with Crippen molar-refractivity contribution in [1.82, 2.24) is 9.55 Å². The second-order valence-corrected chi connectivity index (χ2v) is 11.6. The van der Waals surface area contributed by atoms with Gasteiger partial charge in [-0.15, -0.1) is 0 Å². The van der Waals surface area contributed by atoms with E-state index in [1.807, 2.05) is 4.57 Å². The zero-order chi connectivity index (χ0) is 30.7. The van der Waals surface area contributed by atoms with Gasteiger partial charge in [0.2, 0.25) is 0 Å². The molecule has 0 saturated carbocycles. The Morgan fingerprint density at radius 2 is 1.80 bits per heavy atom. The quantitative estimate of drug-likeness (QED) is 0.173. The van der Waals surface area contributed by atoms with Crippen LogP contribution in [0.15, 0.2) is 66.7 Å². The van der Waals surface area contributed by atoms with Crippen LogP contribution in [0.1, 0.15) is 47.6 Å². The van der Waals surface area contributed by atoms with E-state index in [9.17, 15) is 9.18 Å². The Labute approximate surface area is 255 Å². The molecule has 0 aliphatic carbocycles. The van der Waals surface area contributed by atoms with Crippen LogP contribution in [0, 0.1) is 17.5 Å². The standard InChI is InChI=1S/C34H26ClF3N2O4/c1-18(41)19-6-9-29-30(14-19)40(17-22-10-11-42-22)32(39-29)16-24-26(36)12-20(13-27(24)37)23-4-3-5-31-33(23)44-34(2,43-31)25-8-7-21(35)15-28(25)38/h3-9,12-15,22H,10-11,16-17H2,1-2H3/t22-,34?/m0/s1. The monoisotopic (exact) mass is 618 g/mol. The Kier molecular flexibility index (Phi) is 6.90. The van der Waals surface area contributed by atoms with Gasteiger partial charge in [0.05, 0.1) is 29.2 Å². The van der Waals surface area contributed by atoms with Gasteiger partial charge in [-0.25, -0.2) is 18.2 Å². The Morgan fingerprint density at radius 1 is 1.02 bits per heavy atom. The highest BCUT2D eigenvalue weighted by Gasteiger charge is 2.42. The number of carbonyl (C=O) groups is 1. The number of hydrogen-bond donors (Lipinski definition) is 0. The Balaban J connectivity index is 1.23. The van der Waals surface area contributed by atoms with E-state index < -0.39 is 23.2 Å². The van der Waals surface area contributed by atoms with Crippen molar-refractivity contribution in [3.05, 3.63) is 112 Å². The van der Waals surface area contributed by atoms with Crippen molar-refractivity contribution < 1.29 is 32.2 Å². The lowest BCUT2D eigenvalue weighted by Crippen LogP contribution is -2.32. The summed E-state index contributed by atoms with van der Waals surface area (Å²) in [7, 11) is 0. The van der Waals surface area contributed by atoms with Gasteiger partial charge < -0.3 is 18.8 Å². The fraction of sp³-hybridized carbons (Fsp3) is 0.235. The number of Topliss-reactive ketones (excluding diaryl/α,β-unsaturated/α-hetero) is 1. The van der Waals surface area contributed by atoms with Gasteiger partial charge in [-0.1, -0.05) is 23.7 Å². The lowest BCUT2D eigenvalue weighted by atomic mass is 10.00. The first kappa shape index (κ1) is 28.4. The smallest absolute Gasteiger partial charge is 0.278 e. The van der Waals surface area contributed by atoms with E-state index in [1.165, 1.54) is 31.2 Å². The van der Waals surface area contributed by atoms with Gasteiger partial charge in [0.1, 0.15) is 23.3 Å². The molecule has 6 nitrogen and oxygen atoms in total. The summed E-state index contributed by atoms with van der Waals surface area (Å²) >= 11 is 5.92. The number of carbonyl (C=O) groups excluding carboxylic acids is 1. The van der Waals surface area contributed by atoms with E-state index in [2.05, 4.69) is 4.98 Å². The van der Waals surface area contributed by atoms with E-state index in [4.69, 9.17) is 25.8 Å². The summed E-state index contributed by atoms with van der Waals surface area (Å²) in [5.41, 5.74) is 2.45. The first-order chi connectivity index (χ1) is 21.1. The number of rotatable bonds is 7. The Hall–Kier alpha value is -4.34. The Bertz CT molecular complexity index is 1950. The highest BCUT2D eigenvalue weighted by molar-refractivity contribution is 6.30. The molecule has 1 fully saturated rings. The summed E-state index contributed by atoms with van der Waals surface area (Å²) in [6.45, 7) is 4.16. The molecule has 0 N–H and O–H groups in total. The van der Waals surface area contributed by atoms with E-state index in [0.717, 1.165) is 12.5 Å². The molecule has 44 heavy (non-hydrogen) atoms. The van der Waals surface area contributed by atoms with E-state index in [-0.39, 0.29) is 45.8 Å². The SMILES string of the molecule is CC(=O)c1ccc2nc(Cc3c(F)cc(-c4cccc5c4OC(C)(c4ccc(Cl)cc4F)O5)cc3F)n(C[C@@H]3CCO3)c2c1. The lowest BCUT2D eigenvalue weighted by Gasteiger charge is -2.27. The average molecular weight is 619 g/mol. The molecule has 7 rings (SSSR count). The number of ether oxygens (including phenoxy) is 3. The number of imidazole rings is 1. The van der Waals surface area contributed by atoms with Crippen molar-refractivity contribution in [1.29, 1.82) is 0 Å². The Morgan fingerprint density at radius 3 is 2.48 bits per heavy atom. The van der Waals surface area contributed by atoms with Crippen molar-refractivity contribution in [2.24, 2.45) is 0 Å². The van der Waals surface area contributed by atoms with Gasteiger partial charge >= 0.3 is 0 Å². The van der Waals surface area contributed by atoms with Crippen molar-refractivity contribution >= 4 is 28.4 Å². The van der Waals surface area contributed by atoms with E-state index in [0.29, 0.717) is 46.9 Å². The molecule has 1 unspecified atom stereocenters. The van der Waals surface area contributed by atoms with E-state index in [1.54, 1.807) is 43.3 Å². The predicted molar refractivity (Wildman–Crippen MR) is 159 cm³/mol. The molecule has 0 radical (unpaired) electrons. The maximum Gasteiger partial charge on any atom is 0.278 e. The third-order valence-corrected chi connectivity index (χ3v) is 8.44. The summed E-state index contributed by atoms with van der Waals surface area (Å²) in [6, 6.07) is 16.8. The van der Waals surface area contributed by atoms with Crippen LogP contribution in [0.3, 0.4) is 0 Å². The molecule has 2 aliphatic heterocycles. The number of hydrogen-bond acceptors (Lipinski definition) is 5. The molecule has 1 saturated heterocycles. The van der Waals surface area contributed by atoms with Gasteiger partial charge in [-0.05, 0) is 73.5 Å². The van der Waals surface area contributed by atoms with Crippen LogP contribution >= 0.6 is 11.6 Å². The summed E-state index contributed by atoms with van der Waals surface area (Å²) in [5.74, 6) is -2.73. The fourth-order valence-corrected chi connectivity index (χ4v) is 5.93. The zero-order valence-electron chi connectivity index (χ0n) is 23.8. The number of benzene rings is 4. The fourth-order valence-electron chi connectivity index (χ4n) is 5.77. The van der Waals surface area contributed by atoms with Crippen molar-refractivity contribution in [3.8, 4) is 22.6 Å². The molecule has 3 heterocycles. The van der Waals surface area contributed by atoms with E-state index >= 15 is 8.78 Å². The first-order valence-electron chi connectivity index (χ1n) is 14.2. The summed E-state index contributed by atoms with van der Waals surface area (Å²) in [6.07, 6.45) is 0.702. The normalized spacial score (nSPS) is 18.9. The highest BCUT2D eigenvalue weighted by atomic mass is 35.5. The van der Waals surface area contributed by atoms with Crippen LogP contribution in [0.25, 0.3) is 22.2 Å². The molecule has 4 aromatic carbocycles. The van der Waals surface area contributed by atoms with Gasteiger partial charge in [-0.3, -0.25) is 4.79 Å². The van der Waals surface area contributed by atoms with Crippen LogP contribution in [0.5, 0.6) is 11.5 Å². The molecule has 10 heteroatoms. The molecule has 5 aromatic rings. The average Bonchev–Trinajstić information content (AvgIpc) is 3.48. The number of nitrogens with zero attached hydrogens (tertiary/aromatic N) is 2. The number of aromatic nitrogens is 2. The molecule has 2 aliphatic rings. The van der Waals surface area contributed by atoms with Gasteiger partial charge in [-0.2, -0.15) is 0 Å². The maximum absolute atomic E-state index is 15.8. The number of ketones is 1. The highest BCUT2D eigenvalue weighted by Crippen LogP contribution is 2.50. The van der Waals surface area contributed by atoms with Gasteiger partial charge in [0.15, 0.2) is 17.3 Å². The number of fused-ring (bicyclic) bond motifs is 2. The van der Waals surface area contributed by atoms with Crippen molar-refractivity contribution in [3.63, 3.8) is 0 Å². The summed E-state index contributed by atoms with van der Waals surface area (Å²) in [5, 5.41) is 0.227. The van der Waals surface area contributed by atoms with Crippen molar-refractivity contribution in [2.45, 2.75) is 45.1 Å². The summed E-state index contributed by atoms with van der Waals surface area (Å²) < 4.78 is 65.9. The maximum atomic E-state index is 15.8. The van der Waals surface area contributed by atoms with Gasteiger partial charge in [0, 0.05) is 41.7 Å². The predicted octanol–water partition coefficient (Wildman–Crippen LogP) is 8.00. The number of halogens is 4. The second-order valence-electron chi connectivity index (χ2n) is 11.2. The van der Waals surface area contributed by atoms with Gasteiger partial charge in [0.25, 0.3) is 5.79 Å². The molecule has 2 atom stereocenters. The molecule has 1 aromatic heterocycles. The topological polar surface area (TPSA) is 62.6 Å². The second kappa shape index (κ2) is 10.7. The van der Waals surface area contributed by atoms with Crippen LogP contribution in [-0.2, 0) is 23.5 Å². The minimum atomic E-state index is -1.52. The molecule has 0 amide bonds.